The number of nitrogens with zero attached hydrogens (tertiary/aromatic N) is 2. The third-order valence-electron chi connectivity index (χ3n) is 1.38. The molecule has 1 aromatic heterocycles. The number of hydrogen-bond donors (Lipinski definition) is 0. The van der Waals surface area contributed by atoms with Gasteiger partial charge in [-0.3, -0.25) is 0 Å². The van der Waals surface area contributed by atoms with Gasteiger partial charge in [0.1, 0.15) is 0 Å². The molecule has 11 heavy (non-hydrogen) atoms. The van der Waals surface area contributed by atoms with Crippen LogP contribution in [0.25, 0.3) is 0 Å². The summed E-state index contributed by atoms with van der Waals surface area (Å²) < 4.78 is 0. The maximum atomic E-state index is 4.46. The number of aryl methyl sites for hydroxylation is 1. The van der Waals surface area contributed by atoms with E-state index in [0.717, 1.165) is 6.42 Å². The lowest BCUT2D eigenvalue weighted by molar-refractivity contribution is 1.11. The Bertz CT molecular complexity index is 290. The minimum Gasteiger partial charge on any atom is -0.236 e. The molecule has 0 aliphatic heterocycles. The SMILES string of the molecule is CCc1ccnc(N=C=S)c1. The number of rotatable bonds is 2. The number of hydrogen-bond acceptors (Lipinski definition) is 3. The summed E-state index contributed by atoms with van der Waals surface area (Å²) in [6.07, 6.45) is 2.72. The number of aromatic nitrogens is 1. The van der Waals surface area contributed by atoms with E-state index in [9.17, 15) is 0 Å². The van der Waals surface area contributed by atoms with Gasteiger partial charge in [0, 0.05) is 6.20 Å². The summed E-state index contributed by atoms with van der Waals surface area (Å²) in [6, 6.07) is 3.86. The molecule has 0 saturated heterocycles. The maximum absolute atomic E-state index is 4.46. The van der Waals surface area contributed by atoms with Crippen molar-refractivity contribution in [3.8, 4) is 0 Å². The van der Waals surface area contributed by atoms with Crippen LogP contribution in [-0.2, 0) is 6.42 Å². The molecular weight excluding hydrogens is 156 g/mol. The molecule has 1 heterocycles. The molecule has 0 N–H and O–H groups in total. The van der Waals surface area contributed by atoms with Gasteiger partial charge in [-0.2, -0.15) is 4.99 Å². The van der Waals surface area contributed by atoms with Crippen molar-refractivity contribution in [1.29, 1.82) is 0 Å². The molecular formula is C8H8N2S. The van der Waals surface area contributed by atoms with Gasteiger partial charge in [-0.1, -0.05) is 6.92 Å². The molecule has 0 radical (unpaired) electrons. The lowest BCUT2D eigenvalue weighted by Crippen LogP contribution is -1.80. The van der Waals surface area contributed by atoms with Gasteiger partial charge in [0.2, 0.25) is 0 Å². The van der Waals surface area contributed by atoms with Crippen molar-refractivity contribution in [3.63, 3.8) is 0 Å². The van der Waals surface area contributed by atoms with Crippen molar-refractivity contribution in [1.82, 2.24) is 4.98 Å². The summed E-state index contributed by atoms with van der Waals surface area (Å²) in [7, 11) is 0. The van der Waals surface area contributed by atoms with Crippen molar-refractivity contribution in [2.75, 3.05) is 0 Å². The van der Waals surface area contributed by atoms with Gasteiger partial charge < -0.3 is 0 Å². The first-order valence-electron chi connectivity index (χ1n) is 3.39. The van der Waals surface area contributed by atoms with Crippen LogP contribution in [0.5, 0.6) is 0 Å². The summed E-state index contributed by atoms with van der Waals surface area (Å²) in [5.41, 5.74) is 1.21. The molecule has 1 aromatic rings. The van der Waals surface area contributed by atoms with E-state index in [4.69, 9.17) is 0 Å². The second kappa shape index (κ2) is 3.96. The molecule has 0 spiro atoms. The highest BCUT2D eigenvalue weighted by Crippen LogP contribution is 2.09. The van der Waals surface area contributed by atoms with Crippen molar-refractivity contribution >= 4 is 23.2 Å². The first kappa shape index (κ1) is 8.05. The fourth-order valence-electron chi connectivity index (χ4n) is 0.788. The van der Waals surface area contributed by atoms with Crippen molar-refractivity contribution in [3.05, 3.63) is 23.9 Å². The van der Waals surface area contributed by atoms with Crippen molar-refractivity contribution < 1.29 is 0 Å². The largest absolute Gasteiger partial charge is 0.236 e. The first-order valence-corrected chi connectivity index (χ1v) is 3.80. The predicted molar refractivity (Wildman–Crippen MR) is 48.3 cm³/mol. The van der Waals surface area contributed by atoms with Gasteiger partial charge >= 0.3 is 0 Å². The van der Waals surface area contributed by atoms with Gasteiger partial charge in [0.25, 0.3) is 0 Å². The van der Waals surface area contributed by atoms with Crippen LogP contribution in [0.1, 0.15) is 12.5 Å². The van der Waals surface area contributed by atoms with Crippen LogP contribution in [0.15, 0.2) is 23.3 Å². The highest BCUT2D eigenvalue weighted by atomic mass is 32.1. The highest BCUT2D eigenvalue weighted by molar-refractivity contribution is 7.78. The van der Waals surface area contributed by atoms with E-state index in [0.29, 0.717) is 5.82 Å². The topological polar surface area (TPSA) is 25.2 Å². The average molecular weight is 164 g/mol. The Balaban J connectivity index is 3.00. The van der Waals surface area contributed by atoms with E-state index in [1.807, 2.05) is 12.1 Å². The van der Waals surface area contributed by atoms with E-state index in [-0.39, 0.29) is 0 Å². The molecule has 0 aliphatic carbocycles. The van der Waals surface area contributed by atoms with E-state index >= 15 is 0 Å². The smallest absolute Gasteiger partial charge is 0.162 e. The second-order valence-electron chi connectivity index (χ2n) is 2.08. The lowest BCUT2D eigenvalue weighted by Gasteiger charge is -1.94. The van der Waals surface area contributed by atoms with Crippen molar-refractivity contribution in [2.45, 2.75) is 13.3 Å². The van der Waals surface area contributed by atoms with Gasteiger partial charge in [0.15, 0.2) is 5.82 Å². The molecule has 0 amide bonds. The Morgan fingerprint density at radius 3 is 3.18 bits per heavy atom. The minimum atomic E-state index is 0.638. The predicted octanol–water partition coefficient (Wildman–Crippen LogP) is 2.38. The normalized spacial score (nSPS) is 8.82. The zero-order chi connectivity index (χ0) is 8.10. The molecule has 0 bridgehead atoms. The molecule has 3 heteroatoms. The molecule has 2 nitrogen and oxygen atoms in total. The van der Waals surface area contributed by atoms with Crippen LogP contribution < -0.4 is 0 Å². The summed E-state index contributed by atoms with van der Waals surface area (Å²) in [5, 5.41) is 2.28. The van der Waals surface area contributed by atoms with E-state index < -0.39 is 0 Å². The van der Waals surface area contributed by atoms with Crippen LogP contribution in [0.4, 0.5) is 5.82 Å². The summed E-state index contributed by atoms with van der Waals surface area (Å²) in [6.45, 7) is 2.08. The van der Waals surface area contributed by atoms with Gasteiger partial charge in [-0.25, -0.2) is 4.98 Å². The Kier molecular flexibility index (Phi) is 2.90. The van der Waals surface area contributed by atoms with Gasteiger partial charge in [0.05, 0.1) is 5.16 Å². The molecule has 0 fully saturated rings. The van der Waals surface area contributed by atoms with Crippen LogP contribution >= 0.6 is 12.2 Å². The Labute approximate surface area is 71.0 Å². The maximum Gasteiger partial charge on any atom is 0.162 e. The van der Waals surface area contributed by atoms with E-state index in [2.05, 4.69) is 34.3 Å². The second-order valence-corrected chi connectivity index (χ2v) is 2.26. The number of aliphatic imine (C=N–C) groups is 1. The third kappa shape index (κ3) is 2.22. The number of pyridine rings is 1. The monoisotopic (exact) mass is 164 g/mol. The summed E-state index contributed by atoms with van der Waals surface area (Å²) >= 11 is 4.46. The molecule has 0 atom stereocenters. The lowest BCUT2D eigenvalue weighted by atomic mass is 10.2. The van der Waals surface area contributed by atoms with E-state index in [1.165, 1.54) is 5.56 Å². The van der Waals surface area contributed by atoms with Crippen LogP contribution in [0.2, 0.25) is 0 Å². The van der Waals surface area contributed by atoms with Crippen LogP contribution in [0.3, 0.4) is 0 Å². The Morgan fingerprint density at radius 1 is 1.73 bits per heavy atom. The number of thiocarbonyl (C=S) groups is 1. The van der Waals surface area contributed by atoms with Gasteiger partial charge in [-0.15, -0.1) is 0 Å². The molecule has 0 aliphatic rings. The summed E-state index contributed by atoms with van der Waals surface area (Å²) in [5.74, 6) is 0.638. The Hall–Kier alpha value is -1.05. The Morgan fingerprint density at radius 2 is 2.55 bits per heavy atom. The van der Waals surface area contributed by atoms with Gasteiger partial charge in [-0.05, 0) is 36.3 Å². The highest BCUT2D eigenvalue weighted by Gasteiger charge is 1.91. The van der Waals surface area contributed by atoms with Crippen molar-refractivity contribution in [2.24, 2.45) is 4.99 Å². The quantitative estimate of drug-likeness (QED) is 0.495. The zero-order valence-electron chi connectivity index (χ0n) is 6.24. The standard InChI is InChI=1S/C8H8N2S/c1-2-7-3-4-9-8(5-7)10-6-11/h3-5H,2H2,1H3. The van der Waals surface area contributed by atoms with E-state index in [1.54, 1.807) is 6.20 Å². The molecule has 0 aromatic carbocycles. The summed E-state index contributed by atoms with van der Waals surface area (Å²) in [4.78, 5) is 7.75. The molecule has 1 rings (SSSR count). The van der Waals surface area contributed by atoms with Crippen LogP contribution in [0, 0.1) is 0 Å². The minimum absolute atomic E-state index is 0.638. The molecule has 56 valence electrons. The fraction of sp³-hybridized carbons (Fsp3) is 0.250. The average Bonchev–Trinajstić information content (AvgIpc) is 2.06. The molecule has 0 unspecified atom stereocenters. The number of isothiocyanates is 1. The third-order valence-corrected chi connectivity index (χ3v) is 1.47. The van der Waals surface area contributed by atoms with Crippen LogP contribution in [-0.4, -0.2) is 10.1 Å². The molecule has 0 saturated carbocycles. The zero-order valence-corrected chi connectivity index (χ0v) is 7.06. The fourth-order valence-corrected chi connectivity index (χ4v) is 0.882. The first-order chi connectivity index (χ1) is 5.36.